The van der Waals surface area contributed by atoms with E-state index in [1.165, 1.54) is 0 Å². The van der Waals surface area contributed by atoms with Crippen LogP contribution < -0.4 is 5.32 Å². The number of hydrogen-bond donors (Lipinski definition) is 2. The van der Waals surface area contributed by atoms with Crippen LogP contribution in [0.2, 0.25) is 0 Å². The number of amides is 2. The zero-order chi connectivity index (χ0) is 25.1. The highest BCUT2D eigenvalue weighted by atomic mass is 16.4. The number of aromatic carboxylic acids is 1. The van der Waals surface area contributed by atoms with E-state index >= 15 is 0 Å². The van der Waals surface area contributed by atoms with E-state index in [1.54, 1.807) is 24.3 Å². The zero-order valence-corrected chi connectivity index (χ0v) is 20.1. The van der Waals surface area contributed by atoms with E-state index in [1.807, 2.05) is 59.5 Å². The Morgan fingerprint density at radius 1 is 0.917 bits per heavy atom. The minimum atomic E-state index is -1.03. The van der Waals surface area contributed by atoms with Crippen LogP contribution in [-0.4, -0.2) is 40.4 Å². The first-order chi connectivity index (χ1) is 17.5. The highest BCUT2D eigenvalue weighted by Gasteiger charge is 2.47. The molecule has 3 aromatic carbocycles. The van der Waals surface area contributed by atoms with Crippen LogP contribution in [0, 0.1) is 0 Å². The summed E-state index contributed by atoms with van der Waals surface area (Å²) in [4.78, 5) is 41.3. The molecule has 0 bridgehead atoms. The third-order valence-electron chi connectivity index (χ3n) is 7.41. The summed E-state index contributed by atoms with van der Waals surface area (Å²) in [6, 6.07) is 23.4. The molecule has 1 aliphatic heterocycles. The molecule has 0 aromatic heterocycles. The molecule has 2 atom stereocenters. The van der Waals surface area contributed by atoms with Crippen molar-refractivity contribution in [3.05, 3.63) is 107 Å². The van der Waals surface area contributed by atoms with Gasteiger partial charge in [0.2, 0.25) is 5.91 Å². The van der Waals surface area contributed by atoms with E-state index < -0.39 is 17.9 Å². The number of carbonyl (C=O) groups excluding carboxylic acids is 2. The highest BCUT2D eigenvalue weighted by molar-refractivity contribution is 6.01. The van der Waals surface area contributed by atoms with Crippen molar-refractivity contribution in [2.45, 2.75) is 50.1 Å². The van der Waals surface area contributed by atoms with Gasteiger partial charge in [0.1, 0.15) is 0 Å². The number of nitrogens with one attached hydrogen (secondary N) is 1. The van der Waals surface area contributed by atoms with Gasteiger partial charge in [0.05, 0.1) is 17.5 Å². The largest absolute Gasteiger partial charge is 0.478 e. The minimum absolute atomic E-state index is 0.0176. The van der Waals surface area contributed by atoms with E-state index in [4.69, 9.17) is 0 Å². The quantitative estimate of drug-likeness (QED) is 0.498. The van der Waals surface area contributed by atoms with Gasteiger partial charge in [0, 0.05) is 18.2 Å². The summed E-state index contributed by atoms with van der Waals surface area (Å²) in [5.74, 6) is -1.91. The molecule has 2 amide bonds. The van der Waals surface area contributed by atoms with Crippen molar-refractivity contribution in [2.24, 2.45) is 0 Å². The molecule has 2 N–H and O–H groups in total. The molecule has 5 rings (SSSR count). The van der Waals surface area contributed by atoms with Crippen LogP contribution >= 0.6 is 0 Å². The van der Waals surface area contributed by atoms with Crippen LogP contribution in [0.5, 0.6) is 0 Å². The molecule has 184 valence electrons. The molecular formula is C30H30N2O4. The monoisotopic (exact) mass is 482 g/mol. The Balaban J connectivity index is 1.55. The lowest BCUT2D eigenvalue weighted by Crippen LogP contribution is -2.51. The summed E-state index contributed by atoms with van der Waals surface area (Å²) in [6.07, 6.45) is 4.53. The van der Waals surface area contributed by atoms with Crippen LogP contribution in [0.3, 0.4) is 0 Å². The Morgan fingerprint density at radius 2 is 1.64 bits per heavy atom. The molecule has 0 saturated heterocycles. The molecule has 2 aliphatic rings. The van der Waals surface area contributed by atoms with E-state index in [0.29, 0.717) is 29.7 Å². The number of nitrogens with zero attached hydrogens (tertiary/aromatic N) is 1. The van der Waals surface area contributed by atoms with Gasteiger partial charge in [-0.2, -0.15) is 0 Å². The van der Waals surface area contributed by atoms with Gasteiger partial charge in [-0.25, -0.2) is 4.79 Å². The fourth-order valence-electron chi connectivity index (χ4n) is 5.71. The van der Waals surface area contributed by atoms with Crippen molar-refractivity contribution < 1.29 is 19.5 Å². The minimum Gasteiger partial charge on any atom is -0.478 e. The summed E-state index contributed by atoms with van der Waals surface area (Å²) in [7, 11) is 0. The Bertz CT molecular complexity index is 1270. The van der Waals surface area contributed by atoms with Gasteiger partial charge < -0.3 is 15.3 Å². The topological polar surface area (TPSA) is 86.7 Å². The first-order valence-corrected chi connectivity index (χ1v) is 12.6. The van der Waals surface area contributed by atoms with Crippen LogP contribution in [0.4, 0.5) is 0 Å². The molecule has 6 nitrogen and oxygen atoms in total. The molecule has 0 unspecified atom stereocenters. The summed E-state index contributed by atoms with van der Waals surface area (Å²) in [5.41, 5.74) is 3.20. The fraction of sp³-hybridized carbons (Fsp3) is 0.300. The SMILES string of the molecule is O=C(O)c1cccc([C@H]2[C@H](C(=O)NCCc3ccccc3)c3ccccc3C(=O)N2C2CCCC2)c1. The van der Waals surface area contributed by atoms with E-state index in [-0.39, 0.29) is 23.4 Å². The predicted octanol–water partition coefficient (Wildman–Crippen LogP) is 4.97. The average molecular weight is 483 g/mol. The zero-order valence-electron chi connectivity index (χ0n) is 20.1. The van der Waals surface area contributed by atoms with Crippen LogP contribution in [0.1, 0.15) is 75.0 Å². The lowest BCUT2D eigenvalue weighted by Gasteiger charge is -2.45. The van der Waals surface area contributed by atoms with Gasteiger partial charge in [0.15, 0.2) is 0 Å². The number of fused-ring (bicyclic) bond motifs is 1. The molecule has 0 spiro atoms. The van der Waals surface area contributed by atoms with Gasteiger partial charge in [-0.3, -0.25) is 9.59 Å². The van der Waals surface area contributed by atoms with Gasteiger partial charge in [-0.15, -0.1) is 0 Å². The Kier molecular flexibility index (Phi) is 6.85. The van der Waals surface area contributed by atoms with E-state index in [9.17, 15) is 19.5 Å². The number of carboxylic acids is 1. The molecule has 0 radical (unpaired) electrons. The van der Waals surface area contributed by atoms with Gasteiger partial charge >= 0.3 is 5.97 Å². The van der Waals surface area contributed by atoms with Crippen LogP contribution in [0.25, 0.3) is 0 Å². The van der Waals surface area contributed by atoms with Gasteiger partial charge in [0.25, 0.3) is 5.91 Å². The molecular weight excluding hydrogens is 452 g/mol. The van der Waals surface area contributed by atoms with Gasteiger partial charge in [-0.05, 0) is 54.2 Å². The summed E-state index contributed by atoms with van der Waals surface area (Å²) >= 11 is 0. The number of carbonyl (C=O) groups is 3. The molecule has 1 heterocycles. The number of benzene rings is 3. The lowest BCUT2D eigenvalue weighted by atomic mass is 9.78. The number of rotatable bonds is 7. The normalized spacial score (nSPS) is 19.7. The summed E-state index contributed by atoms with van der Waals surface area (Å²) in [6.45, 7) is 0.473. The van der Waals surface area contributed by atoms with Crippen molar-refractivity contribution >= 4 is 17.8 Å². The molecule has 1 saturated carbocycles. The maximum atomic E-state index is 13.9. The number of hydrogen-bond acceptors (Lipinski definition) is 3. The highest BCUT2D eigenvalue weighted by Crippen LogP contribution is 2.46. The molecule has 6 heteroatoms. The molecule has 3 aromatic rings. The Morgan fingerprint density at radius 3 is 2.39 bits per heavy atom. The predicted molar refractivity (Wildman–Crippen MR) is 137 cm³/mol. The molecule has 1 fully saturated rings. The van der Waals surface area contributed by atoms with Crippen LogP contribution in [0.15, 0.2) is 78.9 Å². The second kappa shape index (κ2) is 10.4. The Hall–Kier alpha value is -3.93. The third kappa shape index (κ3) is 4.63. The van der Waals surface area contributed by atoms with Crippen molar-refractivity contribution in [2.75, 3.05) is 6.54 Å². The smallest absolute Gasteiger partial charge is 0.335 e. The maximum absolute atomic E-state index is 13.9. The summed E-state index contributed by atoms with van der Waals surface area (Å²) < 4.78 is 0. The summed E-state index contributed by atoms with van der Waals surface area (Å²) in [5, 5.41) is 12.7. The first-order valence-electron chi connectivity index (χ1n) is 12.6. The van der Waals surface area contributed by atoms with Crippen molar-refractivity contribution in [1.29, 1.82) is 0 Å². The van der Waals surface area contributed by atoms with Crippen LogP contribution in [-0.2, 0) is 11.2 Å². The molecule has 1 aliphatic carbocycles. The second-order valence-electron chi connectivity index (χ2n) is 9.62. The average Bonchev–Trinajstić information content (AvgIpc) is 3.44. The van der Waals surface area contributed by atoms with Crippen molar-refractivity contribution in [1.82, 2.24) is 10.2 Å². The standard InChI is InChI=1S/C30H30N2O4/c33-28(31-18-17-20-9-2-1-3-10-20)26-24-15-6-7-16-25(24)29(34)32(23-13-4-5-14-23)27(26)21-11-8-12-22(19-21)30(35)36/h1-3,6-12,15-16,19,23,26-27H,4-5,13-14,17-18H2,(H,31,33)(H,35,36)/t26-,27+/m1/s1. The Labute approximate surface area is 211 Å². The number of carboxylic acid groups (broad SMARTS) is 1. The lowest BCUT2D eigenvalue weighted by molar-refractivity contribution is -0.124. The third-order valence-corrected chi connectivity index (χ3v) is 7.41. The van der Waals surface area contributed by atoms with E-state index in [0.717, 1.165) is 31.2 Å². The second-order valence-corrected chi connectivity index (χ2v) is 9.62. The van der Waals surface area contributed by atoms with E-state index in [2.05, 4.69) is 5.32 Å². The maximum Gasteiger partial charge on any atom is 0.335 e. The molecule has 36 heavy (non-hydrogen) atoms. The first kappa shape index (κ1) is 23.8. The van der Waals surface area contributed by atoms with Crippen molar-refractivity contribution in [3.8, 4) is 0 Å². The van der Waals surface area contributed by atoms with Crippen molar-refractivity contribution in [3.63, 3.8) is 0 Å². The fourth-order valence-corrected chi connectivity index (χ4v) is 5.71. The van der Waals surface area contributed by atoms with Gasteiger partial charge in [-0.1, -0.05) is 73.5 Å².